The van der Waals surface area contributed by atoms with Gasteiger partial charge in [0.1, 0.15) is 22.3 Å². The van der Waals surface area contributed by atoms with Gasteiger partial charge in [-0.05, 0) is 325 Å². The van der Waals surface area contributed by atoms with Crippen molar-refractivity contribution in [3.8, 4) is 77.9 Å². The van der Waals surface area contributed by atoms with Crippen LogP contribution in [0.4, 0.5) is 34.1 Å². The van der Waals surface area contributed by atoms with Gasteiger partial charge in [0.25, 0.3) is 0 Å². The van der Waals surface area contributed by atoms with Crippen molar-refractivity contribution < 1.29 is 18.1 Å². The molecule has 0 unspecified atom stereocenters. The van der Waals surface area contributed by atoms with E-state index < -0.39 is 0 Å². The smallest absolute Gasteiger partial charge is 0.456 e. The second kappa shape index (κ2) is 33.8. The fourth-order valence-electron chi connectivity index (χ4n) is 22.2. The van der Waals surface area contributed by atoms with Crippen LogP contribution >= 0.6 is 15.9 Å². The molecule has 0 bridgehead atoms. The van der Waals surface area contributed by atoms with E-state index in [1.165, 1.54) is 165 Å². The summed E-state index contributed by atoms with van der Waals surface area (Å²) in [4.78, 5) is 4.60. The zero-order valence-corrected chi connectivity index (χ0v) is 80.8. The average Bonchev–Trinajstić information content (AvgIpc) is 1.53. The highest BCUT2D eigenvalue weighted by atomic mass is 79.9. The molecule has 1 fully saturated rings. The highest BCUT2D eigenvalue weighted by Crippen LogP contribution is 2.55. The molecule has 3 aliphatic rings. The number of hydrogen-bond donors (Lipinski definition) is 0. The molecule has 27 rings (SSSR count). The standard InChI is InChI=1S/C63H43NO.C36H24BrNO.C33H31BO2/c1-63(2)59-18-10-8-16-52(59)58-38-56-50-15-7-6-14-49(50)55-36-45(28-34-51(55)57(56)39-60(58)63)44-26-31-47(32-27-44)64(48-33-35-54-53-17-9-11-19-61(53)65-62(54)37-48)46-29-24-43(25-30-46)42-22-20-41(21-23-42)40-12-4-3-5-13-40;37-29-16-20-31(21-17-29)38(32-22-23-34-33-8-4-5-9-35(33)39-36(34)24-32)30-18-14-28(15-19-30)27-12-10-26(11-13-27)25-6-2-1-3-7-25;1-31(2)29-14-10-9-13-24(29)28-18-26-22-12-8-7-11-21(22)25-17-20(15-16-23(25)27(26)19-30(28)31)34-35-32(3,4)33(5,6)36-34/h3-39H,1-2H3;1-24H;7-19H,1-6H3. The van der Waals surface area contributed by atoms with Crippen molar-refractivity contribution in [2.75, 3.05) is 9.80 Å². The Morgan fingerprint density at radius 2 is 0.464 bits per heavy atom. The van der Waals surface area contributed by atoms with Crippen LogP contribution < -0.4 is 15.3 Å². The Morgan fingerprint density at radius 1 is 0.193 bits per heavy atom. The molecule has 0 radical (unpaired) electrons. The van der Waals surface area contributed by atoms with Crippen molar-refractivity contribution in [3.05, 3.63) is 476 Å². The zero-order chi connectivity index (χ0) is 94.4. The molecule has 1 aliphatic heterocycles. The molecule has 0 atom stereocenters. The van der Waals surface area contributed by atoms with Gasteiger partial charge < -0.3 is 27.9 Å². The van der Waals surface area contributed by atoms with Crippen molar-refractivity contribution >= 4 is 171 Å². The number of nitrogens with zero attached hydrogens (tertiary/aromatic N) is 2. The first-order valence-corrected chi connectivity index (χ1v) is 49.3. The molecule has 8 heteroatoms. The summed E-state index contributed by atoms with van der Waals surface area (Å²) in [5, 5.41) is 20.0. The lowest BCUT2D eigenvalue weighted by Crippen LogP contribution is -2.41. The lowest BCUT2D eigenvalue weighted by Gasteiger charge is -2.32. The number of halogens is 1. The minimum absolute atomic E-state index is 0.0271. The Hall–Kier alpha value is -15.9. The van der Waals surface area contributed by atoms with E-state index in [0.29, 0.717) is 0 Å². The number of para-hydroxylation sites is 2. The third-order valence-corrected chi connectivity index (χ3v) is 30.8. The van der Waals surface area contributed by atoms with Gasteiger partial charge in [0, 0.05) is 83.1 Å². The van der Waals surface area contributed by atoms with Crippen LogP contribution in [-0.4, -0.2) is 18.3 Å². The van der Waals surface area contributed by atoms with Crippen LogP contribution in [0, 0.1) is 0 Å². The molecule has 2 aromatic heterocycles. The lowest BCUT2D eigenvalue weighted by atomic mass is 9.77. The van der Waals surface area contributed by atoms with E-state index in [-0.39, 0.29) is 29.2 Å². The Kier molecular flexibility index (Phi) is 20.7. The molecule has 3 heterocycles. The first-order valence-electron chi connectivity index (χ1n) is 48.5. The van der Waals surface area contributed by atoms with Crippen molar-refractivity contribution in [1.82, 2.24) is 0 Å². The van der Waals surface area contributed by atoms with Gasteiger partial charge in [-0.25, -0.2) is 0 Å². The second-order valence-corrected chi connectivity index (χ2v) is 40.6. The number of fused-ring (bicyclic) bond motifs is 24. The van der Waals surface area contributed by atoms with E-state index in [0.717, 1.165) is 87.9 Å². The number of furan rings is 2. The summed E-state index contributed by atoms with van der Waals surface area (Å²) < 4.78 is 26.5. The highest BCUT2D eigenvalue weighted by Gasteiger charge is 2.52. The lowest BCUT2D eigenvalue weighted by molar-refractivity contribution is 0.00578. The second-order valence-electron chi connectivity index (χ2n) is 39.7. The summed E-state index contributed by atoms with van der Waals surface area (Å²) in [5.41, 5.74) is 33.2. The normalized spacial score (nSPS) is 14.1. The van der Waals surface area contributed by atoms with Crippen LogP contribution in [0.15, 0.2) is 462 Å². The molecule has 6 nitrogen and oxygen atoms in total. The van der Waals surface area contributed by atoms with Gasteiger partial charge in [0.15, 0.2) is 0 Å². The zero-order valence-electron chi connectivity index (χ0n) is 79.2. The summed E-state index contributed by atoms with van der Waals surface area (Å²) in [6.07, 6.45) is 0. The summed E-state index contributed by atoms with van der Waals surface area (Å²) >= 11 is 3.58. The van der Waals surface area contributed by atoms with Crippen LogP contribution in [0.2, 0.25) is 0 Å². The van der Waals surface area contributed by atoms with Crippen LogP contribution in [0.5, 0.6) is 0 Å². The van der Waals surface area contributed by atoms with Gasteiger partial charge in [0.05, 0.1) is 11.2 Å². The number of benzene rings is 22. The minimum Gasteiger partial charge on any atom is -0.456 e. The maximum absolute atomic E-state index is 6.42. The molecule has 22 aromatic carbocycles. The van der Waals surface area contributed by atoms with Crippen molar-refractivity contribution in [2.45, 2.75) is 77.4 Å². The molecule has 0 N–H and O–H groups in total. The van der Waals surface area contributed by atoms with Gasteiger partial charge in [-0.3, -0.25) is 0 Å². The predicted octanol–water partition coefficient (Wildman–Crippen LogP) is 36.7. The van der Waals surface area contributed by atoms with E-state index in [9.17, 15) is 0 Å². The fourth-order valence-corrected chi connectivity index (χ4v) is 22.5. The predicted molar refractivity (Wildman–Crippen MR) is 594 cm³/mol. The Labute approximate surface area is 823 Å². The summed E-state index contributed by atoms with van der Waals surface area (Å²) in [5.74, 6) is 0. The monoisotopic (exact) mass is 1860 g/mol. The molecular weight excluding hydrogens is 1770 g/mol. The molecular formula is C132H98BBrN2O4. The van der Waals surface area contributed by atoms with Gasteiger partial charge in [-0.2, -0.15) is 0 Å². The third-order valence-electron chi connectivity index (χ3n) is 30.3. The van der Waals surface area contributed by atoms with Crippen molar-refractivity contribution in [2.24, 2.45) is 0 Å². The van der Waals surface area contributed by atoms with Gasteiger partial charge >= 0.3 is 7.12 Å². The van der Waals surface area contributed by atoms with Crippen molar-refractivity contribution in [3.63, 3.8) is 0 Å². The minimum atomic E-state index is -0.373. The Balaban J connectivity index is 0.000000118. The van der Waals surface area contributed by atoms with E-state index >= 15 is 0 Å². The number of hydrogen-bond acceptors (Lipinski definition) is 6. The van der Waals surface area contributed by atoms with E-state index in [1.54, 1.807) is 0 Å². The Bertz CT molecular complexity index is 9020. The topological polar surface area (TPSA) is 51.2 Å². The Morgan fingerprint density at radius 3 is 0.864 bits per heavy atom. The maximum atomic E-state index is 6.42. The molecule has 670 valence electrons. The summed E-state index contributed by atoms with van der Waals surface area (Å²) in [6.45, 7) is 17.9. The fraction of sp³-hybridized carbons (Fsp3) is 0.0909. The van der Waals surface area contributed by atoms with Crippen LogP contribution in [0.1, 0.15) is 77.6 Å². The van der Waals surface area contributed by atoms with Crippen molar-refractivity contribution in [1.29, 1.82) is 0 Å². The quantitative estimate of drug-likeness (QED) is 0.0897. The summed E-state index contributed by atoms with van der Waals surface area (Å²) in [7, 11) is -0.373. The SMILES string of the molecule is Brc1ccc(N(c2ccc(-c3ccc(-c4ccccc4)cc3)cc2)c2ccc3c(c2)oc2ccccc23)cc1.CC1(C)c2ccccc2-c2cc3c4ccccc4c4cc(-c5ccc(N(c6ccc(-c7ccc(-c8ccccc8)cc7)cc6)c6ccc7c(c6)oc6ccccc67)cc5)ccc4c3cc21.CC1(C)c2ccccc2-c2cc3c4ccccc4c4cc(B5OC(C)(C)C(C)(C)O5)ccc4c3cc21. The molecule has 0 saturated carbocycles. The highest BCUT2D eigenvalue weighted by molar-refractivity contribution is 9.10. The van der Waals surface area contributed by atoms with Gasteiger partial charge in [-0.1, -0.05) is 353 Å². The molecule has 24 aromatic rings. The van der Waals surface area contributed by atoms with E-state index in [2.05, 4.69) is 500 Å². The van der Waals surface area contributed by atoms with E-state index in [1.807, 2.05) is 30.3 Å². The van der Waals surface area contributed by atoms with Crippen LogP contribution in [0.25, 0.3) is 186 Å². The number of rotatable bonds is 12. The van der Waals surface area contributed by atoms with Gasteiger partial charge in [-0.15, -0.1) is 0 Å². The molecule has 1 saturated heterocycles. The van der Waals surface area contributed by atoms with Gasteiger partial charge in [0.2, 0.25) is 0 Å². The number of anilines is 6. The average molecular weight is 1870 g/mol. The summed E-state index contributed by atoms with van der Waals surface area (Å²) in [6, 6.07) is 162. The molecule has 2 aliphatic carbocycles. The van der Waals surface area contributed by atoms with E-state index in [4.69, 9.17) is 18.1 Å². The maximum Gasteiger partial charge on any atom is 0.494 e. The molecule has 0 spiro atoms. The first kappa shape index (κ1) is 85.7. The molecule has 0 amide bonds. The molecule has 140 heavy (non-hydrogen) atoms. The van der Waals surface area contributed by atoms with Crippen LogP contribution in [-0.2, 0) is 20.1 Å². The third kappa shape index (κ3) is 14.7. The largest absolute Gasteiger partial charge is 0.494 e. The van der Waals surface area contributed by atoms with Crippen LogP contribution in [0.3, 0.4) is 0 Å². The first-order chi connectivity index (χ1) is 68.3.